The summed E-state index contributed by atoms with van der Waals surface area (Å²) in [7, 11) is -3.62. The Morgan fingerprint density at radius 2 is 1.93 bits per heavy atom. The lowest BCUT2D eigenvalue weighted by Gasteiger charge is -2.26. The molecule has 0 atom stereocenters. The highest BCUT2D eigenvalue weighted by molar-refractivity contribution is 7.89. The summed E-state index contributed by atoms with van der Waals surface area (Å²) in [4.78, 5) is 0. The van der Waals surface area contributed by atoms with E-state index in [1.165, 1.54) is 10.4 Å². The van der Waals surface area contributed by atoms with E-state index in [0.717, 1.165) is 35.4 Å². The number of sulfonamides is 1. The predicted molar refractivity (Wildman–Crippen MR) is 100 cm³/mol. The van der Waals surface area contributed by atoms with Crippen LogP contribution in [0, 0.1) is 11.6 Å². The minimum absolute atomic E-state index is 0.0758. The molecule has 0 bridgehead atoms. The van der Waals surface area contributed by atoms with E-state index < -0.39 is 21.7 Å². The Morgan fingerprint density at radius 3 is 2.63 bits per heavy atom. The van der Waals surface area contributed by atoms with Gasteiger partial charge < -0.3 is 4.74 Å². The lowest BCUT2D eigenvalue weighted by Crippen LogP contribution is -2.38. The molecule has 1 aliphatic rings. The smallest absolute Gasteiger partial charge is 0.214 e. The summed E-state index contributed by atoms with van der Waals surface area (Å²) in [5.74, 6) is -0.643. The van der Waals surface area contributed by atoms with Gasteiger partial charge >= 0.3 is 0 Å². The molecule has 0 saturated heterocycles. The second kappa shape index (κ2) is 7.94. The average molecular weight is 395 g/mol. The van der Waals surface area contributed by atoms with Crippen LogP contribution in [-0.4, -0.2) is 31.1 Å². The molecule has 0 N–H and O–H groups in total. The Bertz CT molecular complexity index is 929. The molecule has 2 aromatic carbocycles. The summed E-state index contributed by atoms with van der Waals surface area (Å²) in [5, 5.41) is 0. The fourth-order valence-electron chi connectivity index (χ4n) is 3.18. The zero-order valence-corrected chi connectivity index (χ0v) is 16.2. The monoisotopic (exact) mass is 395 g/mol. The molecule has 146 valence electrons. The van der Waals surface area contributed by atoms with Crippen molar-refractivity contribution in [2.45, 2.75) is 39.3 Å². The number of aryl methyl sites for hydroxylation is 1. The molecule has 0 spiro atoms. The van der Waals surface area contributed by atoms with Crippen molar-refractivity contribution in [3.8, 4) is 5.75 Å². The van der Waals surface area contributed by atoms with Gasteiger partial charge in [0.1, 0.15) is 17.4 Å². The third-order valence-corrected chi connectivity index (χ3v) is 6.66. The average Bonchev–Trinajstić information content (AvgIpc) is 3.06. The molecule has 0 saturated carbocycles. The Hall–Kier alpha value is -1.99. The fraction of sp³-hybridized carbons (Fsp3) is 0.400. The minimum atomic E-state index is -3.62. The van der Waals surface area contributed by atoms with Gasteiger partial charge in [0.15, 0.2) is 0 Å². The summed E-state index contributed by atoms with van der Waals surface area (Å²) in [5.41, 5.74) is 2.18. The van der Waals surface area contributed by atoms with Gasteiger partial charge in [-0.3, -0.25) is 0 Å². The number of nitrogens with zero attached hydrogens (tertiary/aromatic N) is 1. The Morgan fingerprint density at radius 1 is 1.15 bits per heavy atom. The Balaban J connectivity index is 1.73. The molecule has 7 heteroatoms. The predicted octanol–water partition coefficient (Wildman–Crippen LogP) is 3.68. The quantitative estimate of drug-likeness (QED) is 0.719. The van der Waals surface area contributed by atoms with Crippen molar-refractivity contribution in [2.75, 3.05) is 12.4 Å². The molecular formula is C20H23F2NO3S. The Kier molecular flexibility index (Phi) is 5.81. The number of fused-ring (bicyclic) bond motifs is 1. The second-order valence-corrected chi connectivity index (χ2v) is 9.02. The number of halogens is 2. The van der Waals surface area contributed by atoms with Crippen molar-refractivity contribution in [3.63, 3.8) is 0 Å². The Labute approximate surface area is 158 Å². The molecule has 27 heavy (non-hydrogen) atoms. The minimum Gasteiger partial charge on any atom is -0.493 e. The zero-order chi connectivity index (χ0) is 19.6. The summed E-state index contributed by atoms with van der Waals surface area (Å²) in [6.45, 7) is 4.02. The second-order valence-electron chi connectivity index (χ2n) is 6.98. The highest BCUT2D eigenvalue weighted by Crippen LogP contribution is 2.26. The van der Waals surface area contributed by atoms with E-state index in [-0.39, 0.29) is 23.9 Å². The summed E-state index contributed by atoms with van der Waals surface area (Å²) >= 11 is 0. The van der Waals surface area contributed by atoms with Crippen LogP contribution < -0.4 is 4.74 Å². The fourth-order valence-corrected chi connectivity index (χ4v) is 4.89. The van der Waals surface area contributed by atoms with Gasteiger partial charge in [-0.25, -0.2) is 17.2 Å². The van der Waals surface area contributed by atoms with Gasteiger partial charge in [-0.2, -0.15) is 4.31 Å². The summed E-state index contributed by atoms with van der Waals surface area (Å²) in [6.07, 6.45) is 1.20. The number of rotatable bonds is 7. The maximum Gasteiger partial charge on any atom is 0.214 e. The van der Waals surface area contributed by atoms with E-state index in [2.05, 4.69) is 0 Å². The first kappa shape index (κ1) is 19.8. The van der Waals surface area contributed by atoms with Gasteiger partial charge in [0, 0.05) is 30.6 Å². The molecule has 0 fully saturated rings. The van der Waals surface area contributed by atoms with E-state index in [1.807, 2.05) is 18.2 Å². The van der Waals surface area contributed by atoms with Gasteiger partial charge in [-0.1, -0.05) is 18.2 Å². The largest absolute Gasteiger partial charge is 0.493 e. The van der Waals surface area contributed by atoms with Crippen LogP contribution in [0.25, 0.3) is 0 Å². The van der Waals surface area contributed by atoms with Crippen LogP contribution in [0.1, 0.15) is 30.5 Å². The number of hydrogen-bond donors (Lipinski definition) is 0. The normalized spacial score (nSPS) is 13.9. The van der Waals surface area contributed by atoms with Crippen molar-refractivity contribution < 1.29 is 21.9 Å². The highest BCUT2D eigenvalue weighted by atomic mass is 32.2. The van der Waals surface area contributed by atoms with Gasteiger partial charge in [0.05, 0.1) is 12.4 Å². The molecule has 0 unspecified atom stereocenters. The van der Waals surface area contributed by atoms with Crippen LogP contribution in [0.3, 0.4) is 0 Å². The lowest BCUT2D eigenvalue weighted by atomic mass is 10.1. The van der Waals surface area contributed by atoms with Crippen LogP contribution in [0.15, 0.2) is 36.4 Å². The van der Waals surface area contributed by atoms with Crippen molar-refractivity contribution in [2.24, 2.45) is 0 Å². The number of ether oxygens (including phenoxy) is 1. The van der Waals surface area contributed by atoms with E-state index in [4.69, 9.17) is 4.74 Å². The molecule has 1 heterocycles. The first-order chi connectivity index (χ1) is 12.8. The van der Waals surface area contributed by atoms with E-state index in [1.54, 1.807) is 13.8 Å². The molecular weight excluding hydrogens is 372 g/mol. The standard InChI is InChI=1S/C20H23F2NO3S/c1-14(2)23(13-17-4-5-18(21)12-19(17)22)27(24,25)10-8-15-3-6-20-16(11-15)7-9-26-20/h3-6,11-12,14H,7-10,13H2,1-2H3. The van der Waals surface area contributed by atoms with Crippen molar-refractivity contribution in [1.82, 2.24) is 4.31 Å². The van der Waals surface area contributed by atoms with Gasteiger partial charge in [0.25, 0.3) is 0 Å². The SMILES string of the molecule is CC(C)N(Cc1ccc(F)cc1F)S(=O)(=O)CCc1ccc2c(c1)CCO2. The van der Waals surface area contributed by atoms with Crippen LogP contribution in [0.2, 0.25) is 0 Å². The highest BCUT2D eigenvalue weighted by Gasteiger charge is 2.26. The molecule has 2 aromatic rings. The van der Waals surface area contributed by atoms with E-state index in [9.17, 15) is 17.2 Å². The molecule has 0 radical (unpaired) electrons. The maximum atomic E-state index is 14.0. The third-order valence-electron chi connectivity index (χ3n) is 4.68. The number of hydrogen-bond acceptors (Lipinski definition) is 3. The first-order valence-corrected chi connectivity index (χ1v) is 10.6. The lowest BCUT2D eigenvalue weighted by molar-refractivity contribution is 0.342. The van der Waals surface area contributed by atoms with Crippen molar-refractivity contribution in [3.05, 3.63) is 64.7 Å². The van der Waals surface area contributed by atoms with Gasteiger partial charge in [0.2, 0.25) is 10.0 Å². The summed E-state index contributed by atoms with van der Waals surface area (Å²) < 4.78 is 59.5. The first-order valence-electron chi connectivity index (χ1n) is 8.94. The maximum absolute atomic E-state index is 14.0. The molecule has 0 aromatic heterocycles. The topological polar surface area (TPSA) is 46.6 Å². The van der Waals surface area contributed by atoms with E-state index in [0.29, 0.717) is 13.0 Å². The van der Waals surface area contributed by atoms with Crippen LogP contribution >= 0.6 is 0 Å². The molecule has 4 nitrogen and oxygen atoms in total. The molecule has 3 rings (SSSR count). The molecule has 0 aliphatic carbocycles. The van der Waals surface area contributed by atoms with Crippen LogP contribution in [0.5, 0.6) is 5.75 Å². The van der Waals surface area contributed by atoms with Gasteiger partial charge in [-0.05, 0) is 43.5 Å². The van der Waals surface area contributed by atoms with E-state index >= 15 is 0 Å². The van der Waals surface area contributed by atoms with Crippen LogP contribution in [0.4, 0.5) is 8.78 Å². The summed E-state index contributed by atoms with van der Waals surface area (Å²) in [6, 6.07) is 8.58. The van der Waals surface area contributed by atoms with Gasteiger partial charge in [-0.15, -0.1) is 0 Å². The van der Waals surface area contributed by atoms with Crippen molar-refractivity contribution >= 4 is 10.0 Å². The number of benzene rings is 2. The molecule has 1 aliphatic heterocycles. The van der Waals surface area contributed by atoms with Crippen molar-refractivity contribution in [1.29, 1.82) is 0 Å². The zero-order valence-electron chi connectivity index (χ0n) is 15.4. The van der Waals surface area contributed by atoms with Crippen LogP contribution in [-0.2, 0) is 29.4 Å². The third kappa shape index (κ3) is 4.65. The molecule has 0 amide bonds.